The van der Waals surface area contributed by atoms with Crippen molar-refractivity contribution in [3.05, 3.63) is 138 Å². The first kappa shape index (κ1) is 29.4. The van der Waals surface area contributed by atoms with Crippen LogP contribution < -0.4 is 24.4 Å². The number of aromatic nitrogens is 1. The predicted octanol–water partition coefficient (Wildman–Crippen LogP) is 6.19. The molecule has 7 nitrogen and oxygen atoms in total. The van der Waals surface area contributed by atoms with Gasteiger partial charge in [0.2, 0.25) is 0 Å². The maximum absolute atomic E-state index is 13.9. The lowest BCUT2D eigenvalue weighted by Crippen LogP contribution is -2.40. The van der Waals surface area contributed by atoms with E-state index in [1.165, 1.54) is 15.9 Å². The third-order valence-electron chi connectivity index (χ3n) is 7.47. The van der Waals surface area contributed by atoms with Gasteiger partial charge in [-0.1, -0.05) is 89.7 Å². The zero-order valence-corrected chi connectivity index (χ0v) is 25.9. The van der Waals surface area contributed by atoms with Crippen molar-refractivity contribution >= 4 is 45.8 Å². The minimum absolute atomic E-state index is 0.193. The molecule has 222 valence electrons. The molecule has 1 unspecified atom stereocenters. The quantitative estimate of drug-likeness (QED) is 0.192. The molecule has 4 aromatic carbocycles. The van der Waals surface area contributed by atoms with Crippen LogP contribution in [0.4, 0.5) is 0 Å². The van der Waals surface area contributed by atoms with Crippen LogP contribution in [0.15, 0.2) is 106 Å². The minimum atomic E-state index is -0.777. The number of halogens is 1. The predicted molar refractivity (Wildman–Crippen MR) is 173 cm³/mol. The van der Waals surface area contributed by atoms with E-state index in [0.717, 1.165) is 21.9 Å². The average Bonchev–Trinajstić information content (AvgIpc) is 3.33. The van der Waals surface area contributed by atoms with E-state index >= 15 is 0 Å². The molecule has 0 amide bonds. The fourth-order valence-electron chi connectivity index (χ4n) is 5.40. The Morgan fingerprint density at radius 3 is 2.59 bits per heavy atom. The van der Waals surface area contributed by atoms with Gasteiger partial charge in [-0.25, -0.2) is 9.79 Å². The summed E-state index contributed by atoms with van der Waals surface area (Å²) < 4.78 is 19.2. The number of benzene rings is 4. The van der Waals surface area contributed by atoms with Crippen molar-refractivity contribution in [1.29, 1.82) is 0 Å². The van der Waals surface area contributed by atoms with E-state index in [-0.39, 0.29) is 17.7 Å². The first-order chi connectivity index (χ1) is 21.4. The molecule has 0 spiro atoms. The summed E-state index contributed by atoms with van der Waals surface area (Å²) in [6, 6.07) is 26.3. The van der Waals surface area contributed by atoms with Gasteiger partial charge in [-0.05, 0) is 65.6 Å². The van der Waals surface area contributed by atoms with Crippen LogP contribution in [-0.4, -0.2) is 24.3 Å². The third-order valence-corrected chi connectivity index (χ3v) is 8.79. The van der Waals surface area contributed by atoms with E-state index in [1.54, 1.807) is 39.2 Å². The summed E-state index contributed by atoms with van der Waals surface area (Å²) in [6.07, 6.45) is 1.79. The van der Waals surface area contributed by atoms with Gasteiger partial charge in [0.1, 0.15) is 12.6 Å². The number of hydrogen-bond donors (Lipinski definition) is 0. The maximum atomic E-state index is 13.9. The van der Waals surface area contributed by atoms with Crippen molar-refractivity contribution in [2.24, 2.45) is 4.99 Å². The van der Waals surface area contributed by atoms with E-state index in [4.69, 9.17) is 25.8 Å². The first-order valence-electron chi connectivity index (χ1n) is 14.1. The van der Waals surface area contributed by atoms with E-state index < -0.39 is 12.0 Å². The zero-order valence-electron chi connectivity index (χ0n) is 24.4. The van der Waals surface area contributed by atoms with Crippen molar-refractivity contribution in [3.63, 3.8) is 0 Å². The van der Waals surface area contributed by atoms with Gasteiger partial charge in [-0.3, -0.25) is 9.36 Å². The second-order valence-electron chi connectivity index (χ2n) is 10.2. The highest BCUT2D eigenvalue weighted by molar-refractivity contribution is 7.07. The number of methoxy groups -OCH3 is 1. The van der Waals surface area contributed by atoms with Gasteiger partial charge in [0.05, 0.1) is 29.5 Å². The van der Waals surface area contributed by atoms with Crippen LogP contribution in [0.5, 0.6) is 11.5 Å². The van der Waals surface area contributed by atoms with Gasteiger partial charge in [-0.2, -0.15) is 0 Å². The molecule has 1 aliphatic rings. The molecule has 0 saturated heterocycles. The van der Waals surface area contributed by atoms with E-state index in [2.05, 4.69) is 23.2 Å². The summed E-state index contributed by atoms with van der Waals surface area (Å²) in [5.41, 5.74) is 2.92. The van der Waals surface area contributed by atoms with Crippen molar-refractivity contribution < 1.29 is 19.0 Å². The Kier molecular flexibility index (Phi) is 8.37. The highest BCUT2D eigenvalue weighted by Gasteiger charge is 2.34. The van der Waals surface area contributed by atoms with Gasteiger partial charge < -0.3 is 14.2 Å². The maximum Gasteiger partial charge on any atom is 0.338 e. The molecule has 44 heavy (non-hydrogen) atoms. The highest BCUT2D eigenvalue weighted by atomic mass is 35.5. The average molecular weight is 625 g/mol. The van der Waals surface area contributed by atoms with Crippen LogP contribution in [0.3, 0.4) is 0 Å². The molecule has 0 bridgehead atoms. The Balaban J connectivity index is 1.37. The molecule has 0 N–H and O–H groups in total. The van der Waals surface area contributed by atoms with Crippen molar-refractivity contribution in [3.8, 4) is 11.5 Å². The minimum Gasteiger partial charge on any atom is -0.493 e. The number of allylic oxidation sites excluding steroid dienone is 1. The van der Waals surface area contributed by atoms with Crippen LogP contribution in [0.2, 0.25) is 5.02 Å². The van der Waals surface area contributed by atoms with Crippen molar-refractivity contribution in [2.75, 3.05) is 13.7 Å². The standard InChI is InChI=1S/C35H29ClN2O5S/c1-4-42-34(40)31-21(2)37-35-38(32(31)26-14-7-8-15-27(26)36)33(39)30(44-35)19-22-16-17-28(29(18-22)41-3)43-20-24-12-9-11-23-10-5-6-13-25(23)24/h5-19,32H,4,20H2,1-3H3/b30-19-. The Labute approximate surface area is 262 Å². The number of fused-ring (bicyclic) bond motifs is 2. The van der Waals surface area contributed by atoms with E-state index in [0.29, 0.717) is 43.7 Å². The lowest BCUT2D eigenvalue weighted by molar-refractivity contribution is -0.139. The number of esters is 1. The van der Waals surface area contributed by atoms with Crippen LogP contribution in [0.1, 0.15) is 36.6 Å². The molecule has 1 aromatic heterocycles. The zero-order chi connectivity index (χ0) is 30.8. The molecule has 5 aromatic rings. The van der Waals surface area contributed by atoms with E-state index in [9.17, 15) is 9.59 Å². The van der Waals surface area contributed by atoms with Gasteiger partial charge in [0, 0.05) is 5.02 Å². The summed E-state index contributed by atoms with van der Waals surface area (Å²) >= 11 is 7.84. The smallest absolute Gasteiger partial charge is 0.338 e. The summed E-state index contributed by atoms with van der Waals surface area (Å²) in [4.78, 5) is 32.2. The normalized spacial score (nSPS) is 14.7. The Morgan fingerprint density at radius 2 is 1.80 bits per heavy atom. The van der Waals surface area contributed by atoms with Crippen LogP contribution in [-0.2, 0) is 16.1 Å². The molecule has 1 atom stereocenters. The lowest BCUT2D eigenvalue weighted by Gasteiger charge is -2.25. The highest BCUT2D eigenvalue weighted by Crippen LogP contribution is 2.35. The van der Waals surface area contributed by atoms with Gasteiger partial charge >= 0.3 is 5.97 Å². The number of carbonyl (C=O) groups is 1. The largest absolute Gasteiger partial charge is 0.493 e. The van der Waals surface area contributed by atoms with Crippen LogP contribution in [0.25, 0.3) is 16.8 Å². The number of thiazole rings is 1. The first-order valence-corrected chi connectivity index (χ1v) is 15.3. The van der Waals surface area contributed by atoms with E-state index in [1.807, 2.05) is 54.6 Å². The molecule has 1 aliphatic heterocycles. The fraction of sp³-hybridized carbons (Fsp3) is 0.171. The summed E-state index contributed by atoms with van der Waals surface area (Å²) in [5.74, 6) is 0.602. The van der Waals surface area contributed by atoms with Gasteiger partial charge in [0.15, 0.2) is 16.3 Å². The number of nitrogens with zero attached hydrogens (tertiary/aromatic N) is 2. The molecule has 0 saturated carbocycles. The van der Waals surface area contributed by atoms with Gasteiger partial charge in [-0.15, -0.1) is 0 Å². The Hall–Kier alpha value is -4.66. The summed E-state index contributed by atoms with van der Waals surface area (Å²) in [6.45, 7) is 4.05. The van der Waals surface area contributed by atoms with Crippen molar-refractivity contribution in [2.45, 2.75) is 26.5 Å². The molecular weight excluding hydrogens is 596 g/mol. The second-order valence-corrected chi connectivity index (χ2v) is 11.6. The summed E-state index contributed by atoms with van der Waals surface area (Å²) in [5, 5.41) is 2.73. The van der Waals surface area contributed by atoms with Crippen LogP contribution >= 0.6 is 22.9 Å². The monoisotopic (exact) mass is 624 g/mol. The Morgan fingerprint density at radius 1 is 1.02 bits per heavy atom. The Bertz CT molecular complexity index is 2110. The molecular formula is C35H29ClN2O5S. The molecule has 2 heterocycles. The molecule has 9 heteroatoms. The molecule has 0 aliphatic carbocycles. The molecule has 6 rings (SSSR count). The fourth-order valence-corrected chi connectivity index (χ4v) is 6.69. The topological polar surface area (TPSA) is 79.1 Å². The van der Waals surface area contributed by atoms with Crippen molar-refractivity contribution in [1.82, 2.24) is 4.57 Å². The number of carbonyl (C=O) groups excluding carboxylic acids is 1. The SMILES string of the molecule is CCOC(=O)C1=C(C)N=c2s/c(=C\c3ccc(OCc4cccc5ccccc45)c(OC)c3)c(=O)n2C1c1ccccc1Cl. The number of hydrogen-bond acceptors (Lipinski definition) is 7. The third kappa shape index (κ3) is 5.54. The van der Waals surface area contributed by atoms with Gasteiger partial charge in [0.25, 0.3) is 5.56 Å². The number of rotatable bonds is 8. The van der Waals surface area contributed by atoms with Crippen LogP contribution in [0, 0.1) is 0 Å². The second kappa shape index (κ2) is 12.5. The summed E-state index contributed by atoms with van der Waals surface area (Å²) in [7, 11) is 1.58. The number of ether oxygens (including phenoxy) is 3. The molecule has 0 fully saturated rings. The molecule has 0 radical (unpaired) electrons. The lowest BCUT2D eigenvalue weighted by atomic mass is 9.96.